The normalized spacial score (nSPS) is 20.1. The fourth-order valence-corrected chi connectivity index (χ4v) is 2.32. The van der Waals surface area contributed by atoms with E-state index < -0.39 is 0 Å². The number of nitrogens with one attached hydrogen (secondary N) is 1. The second-order valence-electron chi connectivity index (χ2n) is 5.44. The summed E-state index contributed by atoms with van der Waals surface area (Å²) in [4.78, 5) is 4.52. The summed E-state index contributed by atoms with van der Waals surface area (Å²) in [6.45, 7) is 12.4. The molecule has 0 radical (unpaired) electrons. The van der Waals surface area contributed by atoms with Gasteiger partial charge in [-0.1, -0.05) is 33.1 Å². The van der Waals surface area contributed by atoms with Crippen LogP contribution in [0.5, 0.6) is 0 Å². The van der Waals surface area contributed by atoms with Crippen LogP contribution in [0.25, 0.3) is 0 Å². The van der Waals surface area contributed by atoms with Gasteiger partial charge in [-0.05, 0) is 36.8 Å². The minimum Gasteiger partial charge on any atom is -0.363 e. The van der Waals surface area contributed by atoms with Crippen molar-refractivity contribution in [2.45, 2.75) is 39.0 Å². The first-order chi connectivity index (χ1) is 8.56. The Morgan fingerprint density at radius 2 is 2.17 bits per heavy atom. The monoisotopic (exact) mass is 242 g/mol. The van der Waals surface area contributed by atoms with Crippen LogP contribution < -0.4 is 5.32 Å². The average molecular weight is 242 g/mol. The molecule has 1 aliphatic rings. The van der Waals surface area contributed by atoms with Crippen molar-refractivity contribution in [1.82, 2.24) is 10.3 Å². The highest BCUT2D eigenvalue weighted by molar-refractivity contribution is 5.21. The molecule has 1 unspecified atom stereocenters. The Hall–Kier alpha value is -1.57. The van der Waals surface area contributed by atoms with Crippen LogP contribution in [0.15, 0.2) is 42.9 Å². The van der Waals surface area contributed by atoms with Gasteiger partial charge in [-0.25, -0.2) is 0 Å². The minimum atomic E-state index is 0.494. The van der Waals surface area contributed by atoms with Gasteiger partial charge in [-0.3, -0.25) is 4.98 Å². The summed E-state index contributed by atoms with van der Waals surface area (Å²) in [6, 6.07) is 4.33. The number of piperidine rings is 1. The SMILES string of the molecule is C=C1CCC(Cc2ccc(C(C)C)nc2)C(=C)N1. The Kier molecular flexibility index (Phi) is 3.85. The third-order valence-corrected chi connectivity index (χ3v) is 3.55. The quantitative estimate of drug-likeness (QED) is 0.872. The van der Waals surface area contributed by atoms with E-state index in [1.807, 2.05) is 6.20 Å². The second-order valence-corrected chi connectivity index (χ2v) is 5.44. The molecule has 96 valence electrons. The molecule has 1 saturated heterocycles. The number of hydrogen-bond donors (Lipinski definition) is 1. The lowest BCUT2D eigenvalue weighted by Crippen LogP contribution is -2.26. The highest BCUT2D eigenvalue weighted by Crippen LogP contribution is 2.26. The van der Waals surface area contributed by atoms with E-state index in [1.54, 1.807) is 0 Å². The maximum absolute atomic E-state index is 4.52. The topological polar surface area (TPSA) is 24.9 Å². The van der Waals surface area contributed by atoms with Crippen LogP contribution in [0.1, 0.15) is 43.9 Å². The Balaban J connectivity index is 2.01. The fraction of sp³-hybridized carbons (Fsp3) is 0.438. The maximum Gasteiger partial charge on any atom is 0.0429 e. The van der Waals surface area contributed by atoms with Gasteiger partial charge in [-0.15, -0.1) is 0 Å². The molecule has 0 bridgehead atoms. The predicted molar refractivity (Wildman–Crippen MR) is 76.2 cm³/mol. The van der Waals surface area contributed by atoms with Crippen LogP contribution in [-0.4, -0.2) is 4.98 Å². The molecular formula is C16H22N2. The van der Waals surface area contributed by atoms with E-state index >= 15 is 0 Å². The van der Waals surface area contributed by atoms with Crippen molar-refractivity contribution in [3.63, 3.8) is 0 Å². The number of pyridine rings is 1. The summed E-state index contributed by atoms with van der Waals surface area (Å²) in [5.74, 6) is 0.996. The van der Waals surface area contributed by atoms with Gasteiger partial charge in [0.1, 0.15) is 0 Å². The Bertz CT molecular complexity index is 443. The van der Waals surface area contributed by atoms with Crippen molar-refractivity contribution in [3.05, 3.63) is 54.1 Å². The summed E-state index contributed by atoms with van der Waals surface area (Å²) in [7, 11) is 0. The summed E-state index contributed by atoms with van der Waals surface area (Å²) >= 11 is 0. The first-order valence-electron chi connectivity index (χ1n) is 6.64. The molecule has 1 aromatic heterocycles. The third kappa shape index (κ3) is 3.00. The molecule has 0 spiro atoms. The van der Waals surface area contributed by atoms with Gasteiger partial charge >= 0.3 is 0 Å². The maximum atomic E-state index is 4.52. The Labute approximate surface area is 110 Å². The lowest BCUT2D eigenvalue weighted by atomic mass is 9.89. The molecule has 2 heteroatoms. The molecule has 1 aromatic rings. The number of nitrogens with zero attached hydrogens (tertiary/aromatic N) is 1. The first-order valence-corrected chi connectivity index (χ1v) is 6.64. The smallest absolute Gasteiger partial charge is 0.0429 e. The average Bonchev–Trinajstić information content (AvgIpc) is 2.33. The highest BCUT2D eigenvalue weighted by Gasteiger charge is 2.19. The Morgan fingerprint density at radius 3 is 2.72 bits per heavy atom. The minimum absolute atomic E-state index is 0.494. The fourth-order valence-electron chi connectivity index (χ4n) is 2.32. The van der Waals surface area contributed by atoms with E-state index in [0.717, 1.165) is 36.4 Å². The van der Waals surface area contributed by atoms with E-state index in [0.29, 0.717) is 11.8 Å². The first kappa shape index (κ1) is 12.9. The van der Waals surface area contributed by atoms with Gasteiger partial charge in [0.25, 0.3) is 0 Å². The molecule has 0 amide bonds. The number of allylic oxidation sites excluding steroid dienone is 2. The largest absolute Gasteiger partial charge is 0.363 e. The lowest BCUT2D eigenvalue weighted by Gasteiger charge is -2.27. The van der Waals surface area contributed by atoms with Crippen molar-refractivity contribution in [2.24, 2.45) is 5.92 Å². The van der Waals surface area contributed by atoms with E-state index in [-0.39, 0.29) is 0 Å². The standard InChI is InChI=1S/C16H22N2/c1-11(2)16-8-6-14(10-17-16)9-15-7-5-12(3)18-13(15)4/h6,8,10-11,15,18H,3-5,7,9H2,1-2H3. The molecule has 18 heavy (non-hydrogen) atoms. The molecule has 2 nitrogen and oxygen atoms in total. The molecular weight excluding hydrogens is 220 g/mol. The molecule has 2 rings (SSSR count). The van der Waals surface area contributed by atoms with Gasteiger partial charge in [0, 0.05) is 29.2 Å². The summed E-state index contributed by atoms with van der Waals surface area (Å²) in [5, 5.41) is 3.27. The van der Waals surface area contributed by atoms with Crippen LogP contribution in [0.3, 0.4) is 0 Å². The van der Waals surface area contributed by atoms with E-state index in [2.05, 4.69) is 49.4 Å². The molecule has 0 aromatic carbocycles. The predicted octanol–water partition coefficient (Wildman–Crippen LogP) is 3.77. The van der Waals surface area contributed by atoms with Crippen molar-refractivity contribution in [3.8, 4) is 0 Å². The van der Waals surface area contributed by atoms with Gasteiger partial charge in [0.05, 0.1) is 0 Å². The molecule has 1 fully saturated rings. The van der Waals surface area contributed by atoms with Gasteiger partial charge < -0.3 is 5.32 Å². The molecule has 1 atom stereocenters. The van der Waals surface area contributed by atoms with Crippen molar-refractivity contribution in [1.29, 1.82) is 0 Å². The van der Waals surface area contributed by atoms with Crippen LogP contribution in [0, 0.1) is 5.92 Å². The van der Waals surface area contributed by atoms with Gasteiger partial charge in [-0.2, -0.15) is 0 Å². The van der Waals surface area contributed by atoms with Crippen molar-refractivity contribution in [2.75, 3.05) is 0 Å². The zero-order chi connectivity index (χ0) is 13.1. The van der Waals surface area contributed by atoms with E-state index in [1.165, 1.54) is 5.56 Å². The summed E-state index contributed by atoms with van der Waals surface area (Å²) < 4.78 is 0. The van der Waals surface area contributed by atoms with Crippen LogP contribution >= 0.6 is 0 Å². The van der Waals surface area contributed by atoms with Gasteiger partial charge in [0.2, 0.25) is 0 Å². The zero-order valence-electron chi connectivity index (χ0n) is 11.4. The third-order valence-electron chi connectivity index (χ3n) is 3.55. The zero-order valence-corrected chi connectivity index (χ0v) is 11.4. The van der Waals surface area contributed by atoms with Crippen molar-refractivity contribution < 1.29 is 0 Å². The molecule has 0 aliphatic carbocycles. The highest BCUT2D eigenvalue weighted by atomic mass is 14.9. The summed E-state index contributed by atoms with van der Waals surface area (Å²) in [6.07, 6.45) is 5.20. The lowest BCUT2D eigenvalue weighted by molar-refractivity contribution is 0.483. The number of aromatic nitrogens is 1. The van der Waals surface area contributed by atoms with Crippen LogP contribution in [0.2, 0.25) is 0 Å². The van der Waals surface area contributed by atoms with Crippen LogP contribution in [-0.2, 0) is 6.42 Å². The van der Waals surface area contributed by atoms with Gasteiger partial charge in [0.15, 0.2) is 0 Å². The van der Waals surface area contributed by atoms with Crippen molar-refractivity contribution >= 4 is 0 Å². The number of rotatable bonds is 3. The number of hydrogen-bond acceptors (Lipinski definition) is 2. The van der Waals surface area contributed by atoms with E-state index in [9.17, 15) is 0 Å². The second kappa shape index (κ2) is 5.38. The molecule has 1 aliphatic heterocycles. The molecule has 1 N–H and O–H groups in total. The molecule has 0 saturated carbocycles. The Morgan fingerprint density at radius 1 is 1.39 bits per heavy atom. The molecule has 2 heterocycles. The van der Waals surface area contributed by atoms with E-state index in [4.69, 9.17) is 0 Å². The summed E-state index contributed by atoms with van der Waals surface area (Å²) in [5.41, 5.74) is 4.64. The van der Waals surface area contributed by atoms with Crippen LogP contribution in [0.4, 0.5) is 0 Å².